The molecule has 1 aromatic heterocycles. The average Bonchev–Trinajstić information content (AvgIpc) is 2.69. The molecule has 1 heterocycles. The van der Waals surface area contributed by atoms with Crippen LogP contribution in [0.5, 0.6) is 0 Å². The Labute approximate surface area is 91.2 Å². The average molecular weight is 225 g/mol. The van der Waals surface area contributed by atoms with Gasteiger partial charge in [0.2, 0.25) is 5.89 Å². The first-order chi connectivity index (χ1) is 7.28. The van der Waals surface area contributed by atoms with Crippen LogP contribution in [0.2, 0.25) is 5.02 Å². The zero-order chi connectivity index (χ0) is 10.7. The SMILES string of the molecule is NNc1nnc(Cc2ccc(Cl)cc2)o1. The minimum absolute atomic E-state index is 0.207. The molecule has 0 fully saturated rings. The van der Waals surface area contributed by atoms with Gasteiger partial charge in [0.1, 0.15) is 0 Å². The van der Waals surface area contributed by atoms with E-state index >= 15 is 0 Å². The topological polar surface area (TPSA) is 77.0 Å². The highest BCUT2D eigenvalue weighted by Crippen LogP contribution is 2.13. The quantitative estimate of drug-likeness (QED) is 0.612. The van der Waals surface area contributed by atoms with Gasteiger partial charge in [0, 0.05) is 5.02 Å². The van der Waals surface area contributed by atoms with Crippen LogP contribution in [0.15, 0.2) is 28.7 Å². The normalized spacial score (nSPS) is 10.3. The molecule has 0 amide bonds. The van der Waals surface area contributed by atoms with E-state index in [1.54, 1.807) is 0 Å². The van der Waals surface area contributed by atoms with Crippen LogP contribution in [-0.2, 0) is 6.42 Å². The van der Waals surface area contributed by atoms with Crippen molar-refractivity contribution in [2.24, 2.45) is 5.84 Å². The van der Waals surface area contributed by atoms with Crippen molar-refractivity contribution in [1.29, 1.82) is 0 Å². The van der Waals surface area contributed by atoms with E-state index in [-0.39, 0.29) is 6.01 Å². The molecule has 15 heavy (non-hydrogen) atoms. The van der Waals surface area contributed by atoms with Gasteiger partial charge < -0.3 is 4.42 Å². The van der Waals surface area contributed by atoms with Gasteiger partial charge in [-0.25, -0.2) is 5.84 Å². The summed E-state index contributed by atoms with van der Waals surface area (Å²) in [5.74, 6) is 5.62. The largest absolute Gasteiger partial charge is 0.407 e. The Morgan fingerprint density at radius 2 is 2.00 bits per heavy atom. The zero-order valence-corrected chi connectivity index (χ0v) is 8.53. The van der Waals surface area contributed by atoms with Crippen LogP contribution in [0.4, 0.5) is 6.01 Å². The lowest BCUT2D eigenvalue weighted by Gasteiger charge is -1.96. The van der Waals surface area contributed by atoms with E-state index in [1.807, 2.05) is 24.3 Å². The van der Waals surface area contributed by atoms with Crippen LogP contribution in [0.25, 0.3) is 0 Å². The van der Waals surface area contributed by atoms with Gasteiger partial charge in [-0.1, -0.05) is 28.8 Å². The number of rotatable bonds is 3. The standard InChI is InChI=1S/C9H9ClN4O/c10-7-3-1-6(2-4-7)5-8-13-14-9(12-11)15-8/h1-4H,5,11H2,(H,12,14). The number of nitrogens with two attached hydrogens (primary N) is 1. The second kappa shape index (κ2) is 4.29. The molecule has 2 aromatic rings. The summed E-state index contributed by atoms with van der Waals surface area (Å²) in [4.78, 5) is 0. The van der Waals surface area contributed by atoms with Crippen molar-refractivity contribution in [3.8, 4) is 0 Å². The van der Waals surface area contributed by atoms with Crippen molar-refractivity contribution < 1.29 is 4.42 Å². The first-order valence-corrected chi connectivity index (χ1v) is 4.69. The first kappa shape index (κ1) is 9.95. The molecule has 0 unspecified atom stereocenters. The van der Waals surface area contributed by atoms with E-state index < -0.39 is 0 Å². The van der Waals surface area contributed by atoms with Crippen LogP contribution in [0.3, 0.4) is 0 Å². The van der Waals surface area contributed by atoms with Crippen LogP contribution >= 0.6 is 11.6 Å². The molecule has 0 radical (unpaired) electrons. The molecular weight excluding hydrogens is 216 g/mol. The maximum atomic E-state index is 5.76. The third-order valence-corrected chi connectivity index (χ3v) is 2.11. The second-order valence-corrected chi connectivity index (χ2v) is 3.38. The van der Waals surface area contributed by atoms with Gasteiger partial charge >= 0.3 is 6.01 Å². The lowest BCUT2D eigenvalue weighted by molar-refractivity contribution is 0.517. The molecular formula is C9H9ClN4O. The number of anilines is 1. The molecule has 1 aromatic carbocycles. The number of nitrogens with zero attached hydrogens (tertiary/aromatic N) is 2. The second-order valence-electron chi connectivity index (χ2n) is 2.95. The minimum atomic E-state index is 0.207. The molecule has 0 spiro atoms. The Hall–Kier alpha value is -1.59. The summed E-state index contributed by atoms with van der Waals surface area (Å²) in [5.41, 5.74) is 3.33. The Morgan fingerprint density at radius 1 is 1.27 bits per heavy atom. The molecule has 2 rings (SSSR count). The Bertz CT molecular complexity index is 440. The fourth-order valence-electron chi connectivity index (χ4n) is 1.16. The fraction of sp³-hybridized carbons (Fsp3) is 0.111. The third-order valence-electron chi connectivity index (χ3n) is 1.86. The Morgan fingerprint density at radius 3 is 2.60 bits per heavy atom. The van der Waals surface area contributed by atoms with Crippen molar-refractivity contribution >= 4 is 17.6 Å². The maximum absolute atomic E-state index is 5.76. The lowest BCUT2D eigenvalue weighted by atomic mass is 10.1. The molecule has 5 nitrogen and oxygen atoms in total. The number of hydrogen-bond acceptors (Lipinski definition) is 5. The fourth-order valence-corrected chi connectivity index (χ4v) is 1.29. The number of benzene rings is 1. The highest BCUT2D eigenvalue weighted by atomic mass is 35.5. The molecule has 6 heteroatoms. The molecule has 0 aliphatic heterocycles. The Balaban J connectivity index is 2.11. The number of aromatic nitrogens is 2. The van der Waals surface area contributed by atoms with E-state index in [4.69, 9.17) is 21.9 Å². The molecule has 0 saturated carbocycles. The van der Waals surface area contributed by atoms with Crippen molar-refractivity contribution in [3.05, 3.63) is 40.7 Å². The number of halogens is 1. The van der Waals surface area contributed by atoms with Crippen LogP contribution in [-0.4, -0.2) is 10.2 Å². The van der Waals surface area contributed by atoms with Crippen molar-refractivity contribution in [2.75, 3.05) is 5.43 Å². The lowest BCUT2D eigenvalue weighted by Crippen LogP contribution is -2.06. The van der Waals surface area contributed by atoms with Crippen LogP contribution in [0, 0.1) is 0 Å². The van der Waals surface area contributed by atoms with E-state index in [0.717, 1.165) is 5.56 Å². The maximum Gasteiger partial charge on any atom is 0.330 e. The predicted octanol–water partition coefficient (Wildman–Crippen LogP) is 1.60. The van der Waals surface area contributed by atoms with Crippen molar-refractivity contribution in [2.45, 2.75) is 6.42 Å². The van der Waals surface area contributed by atoms with Gasteiger partial charge in [-0.05, 0) is 17.7 Å². The third kappa shape index (κ3) is 2.45. The summed E-state index contributed by atoms with van der Waals surface area (Å²) >= 11 is 5.76. The molecule has 0 aliphatic carbocycles. The summed E-state index contributed by atoms with van der Waals surface area (Å²) in [5, 5.41) is 8.18. The smallest absolute Gasteiger partial charge is 0.330 e. The van der Waals surface area contributed by atoms with E-state index in [0.29, 0.717) is 17.3 Å². The van der Waals surface area contributed by atoms with Crippen LogP contribution < -0.4 is 11.3 Å². The number of hydrazine groups is 1. The zero-order valence-electron chi connectivity index (χ0n) is 7.77. The predicted molar refractivity (Wildman–Crippen MR) is 56.4 cm³/mol. The highest BCUT2D eigenvalue weighted by molar-refractivity contribution is 6.30. The first-order valence-electron chi connectivity index (χ1n) is 4.31. The van der Waals surface area contributed by atoms with Crippen LogP contribution in [0.1, 0.15) is 11.5 Å². The number of nitrogen functional groups attached to an aromatic ring is 1. The van der Waals surface area contributed by atoms with Crippen molar-refractivity contribution in [3.63, 3.8) is 0 Å². The van der Waals surface area contributed by atoms with E-state index in [9.17, 15) is 0 Å². The van der Waals surface area contributed by atoms with Gasteiger partial charge in [0.15, 0.2) is 0 Å². The minimum Gasteiger partial charge on any atom is -0.407 e. The molecule has 0 aliphatic rings. The van der Waals surface area contributed by atoms with E-state index in [1.165, 1.54) is 0 Å². The Kier molecular flexibility index (Phi) is 2.84. The van der Waals surface area contributed by atoms with E-state index in [2.05, 4.69) is 15.6 Å². The summed E-state index contributed by atoms with van der Waals surface area (Å²) < 4.78 is 5.18. The summed E-state index contributed by atoms with van der Waals surface area (Å²) in [7, 11) is 0. The van der Waals surface area contributed by atoms with Gasteiger partial charge in [-0.2, -0.15) is 0 Å². The monoisotopic (exact) mass is 224 g/mol. The van der Waals surface area contributed by atoms with Gasteiger partial charge in [-0.3, -0.25) is 5.43 Å². The summed E-state index contributed by atoms with van der Waals surface area (Å²) in [6.07, 6.45) is 0.561. The molecule has 78 valence electrons. The molecule has 0 saturated heterocycles. The van der Waals surface area contributed by atoms with Gasteiger partial charge in [-0.15, -0.1) is 5.10 Å². The molecule has 0 bridgehead atoms. The summed E-state index contributed by atoms with van der Waals surface area (Å²) in [6.45, 7) is 0. The van der Waals surface area contributed by atoms with Gasteiger partial charge in [0.05, 0.1) is 6.42 Å². The molecule has 3 N–H and O–H groups in total. The number of nitrogens with one attached hydrogen (secondary N) is 1. The summed E-state index contributed by atoms with van der Waals surface area (Å²) in [6, 6.07) is 7.65. The highest BCUT2D eigenvalue weighted by Gasteiger charge is 2.05. The molecule has 0 atom stereocenters. The number of hydrogen-bond donors (Lipinski definition) is 2. The van der Waals surface area contributed by atoms with Gasteiger partial charge in [0.25, 0.3) is 0 Å². The van der Waals surface area contributed by atoms with Crippen molar-refractivity contribution in [1.82, 2.24) is 10.2 Å².